The highest BCUT2D eigenvalue weighted by atomic mass is 16.6. The van der Waals surface area contributed by atoms with E-state index in [1.807, 2.05) is 0 Å². The minimum Gasteiger partial charge on any atom is -0.493 e. The van der Waals surface area contributed by atoms with Gasteiger partial charge in [0.05, 0.1) is 30.8 Å². The van der Waals surface area contributed by atoms with Gasteiger partial charge in [-0.25, -0.2) is 0 Å². The lowest BCUT2D eigenvalue weighted by molar-refractivity contribution is -0.385. The normalized spacial score (nSPS) is 10.6. The van der Waals surface area contributed by atoms with E-state index < -0.39 is 10.8 Å². The number of nitro benzene ring substituents is 1. The van der Waals surface area contributed by atoms with E-state index in [1.165, 1.54) is 26.4 Å². The van der Waals surface area contributed by atoms with Crippen LogP contribution < -0.4 is 14.8 Å². The van der Waals surface area contributed by atoms with E-state index in [0.717, 1.165) is 6.08 Å². The minimum atomic E-state index is -0.678. The molecule has 0 saturated carbocycles. The predicted molar refractivity (Wildman–Crippen MR) is 94.9 cm³/mol. The second-order valence-electron chi connectivity index (χ2n) is 5.01. The van der Waals surface area contributed by atoms with Gasteiger partial charge in [-0.15, -0.1) is 0 Å². The molecule has 0 heterocycles. The van der Waals surface area contributed by atoms with Crippen molar-refractivity contribution in [1.29, 1.82) is 5.26 Å². The summed E-state index contributed by atoms with van der Waals surface area (Å²) in [6, 6.07) is 12.8. The van der Waals surface area contributed by atoms with Crippen LogP contribution in [0.15, 0.2) is 48.0 Å². The molecule has 1 N–H and O–H groups in total. The molecule has 0 bridgehead atoms. The van der Waals surface area contributed by atoms with E-state index in [-0.39, 0.29) is 28.3 Å². The molecule has 2 aromatic rings. The molecule has 8 heteroatoms. The molecule has 0 aromatic heterocycles. The Balaban J connectivity index is 2.46. The van der Waals surface area contributed by atoms with Crippen LogP contribution in [0.25, 0.3) is 6.08 Å². The molecule has 0 radical (unpaired) electrons. The van der Waals surface area contributed by atoms with Crippen LogP contribution in [0, 0.1) is 21.4 Å². The van der Waals surface area contributed by atoms with Gasteiger partial charge in [-0.3, -0.25) is 14.9 Å². The van der Waals surface area contributed by atoms with E-state index in [4.69, 9.17) is 9.47 Å². The fourth-order valence-corrected chi connectivity index (χ4v) is 2.18. The number of nitrogens with zero attached hydrogens (tertiary/aromatic N) is 2. The number of nitro groups is 1. The molecule has 0 aliphatic rings. The number of nitriles is 1. The highest BCUT2D eigenvalue weighted by Gasteiger charge is 2.20. The maximum absolute atomic E-state index is 12.3. The smallest absolute Gasteiger partial charge is 0.280 e. The number of rotatable bonds is 6. The summed E-state index contributed by atoms with van der Waals surface area (Å²) >= 11 is 0. The summed E-state index contributed by atoms with van der Waals surface area (Å²) < 4.78 is 10.2. The molecule has 0 aliphatic carbocycles. The largest absolute Gasteiger partial charge is 0.493 e. The van der Waals surface area contributed by atoms with Crippen molar-refractivity contribution in [2.45, 2.75) is 0 Å². The molecular weight excluding hydrogens is 338 g/mol. The minimum absolute atomic E-state index is 0.0485. The maximum Gasteiger partial charge on any atom is 0.280 e. The lowest BCUT2D eigenvalue weighted by Gasteiger charge is -2.09. The predicted octanol–water partition coefficient (Wildman–Crippen LogP) is 3.16. The molecule has 0 aliphatic heterocycles. The van der Waals surface area contributed by atoms with Crippen molar-refractivity contribution in [1.82, 2.24) is 0 Å². The summed E-state index contributed by atoms with van der Waals surface area (Å²) in [5, 5.41) is 23.2. The quantitative estimate of drug-likeness (QED) is 0.369. The SMILES string of the molecule is COc1cc(/C=C(/C#N)C(=O)Nc2ccccc2)c([N+](=O)[O-])cc1OC. The Morgan fingerprint density at radius 1 is 1.19 bits per heavy atom. The number of para-hydroxylation sites is 1. The molecule has 0 atom stereocenters. The van der Waals surface area contributed by atoms with Crippen LogP contribution in [0.1, 0.15) is 5.56 Å². The van der Waals surface area contributed by atoms with Crippen LogP contribution in [-0.4, -0.2) is 25.1 Å². The summed E-state index contributed by atoms with van der Waals surface area (Å²) in [5.41, 5.74) is -0.0556. The maximum atomic E-state index is 12.3. The van der Waals surface area contributed by atoms with E-state index in [2.05, 4.69) is 5.32 Å². The first-order valence-corrected chi connectivity index (χ1v) is 7.38. The zero-order chi connectivity index (χ0) is 19.1. The van der Waals surface area contributed by atoms with Gasteiger partial charge in [0.25, 0.3) is 11.6 Å². The van der Waals surface area contributed by atoms with E-state index in [1.54, 1.807) is 36.4 Å². The fourth-order valence-electron chi connectivity index (χ4n) is 2.18. The Morgan fingerprint density at radius 2 is 1.81 bits per heavy atom. The van der Waals surface area contributed by atoms with Crippen LogP contribution in [0.3, 0.4) is 0 Å². The number of amides is 1. The molecule has 132 valence electrons. The third-order valence-corrected chi connectivity index (χ3v) is 3.43. The van der Waals surface area contributed by atoms with Gasteiger partial charge < -0.3 is 14.8 Å². The van der Waals surface area contributed by atoms with Gasteiger partial charge in [0.1, 0.15) is 11.6 Å². The second kappa shape index (κ2) is 8.30. The number of carbonyl (C=O) groups is 1. The Hall–Kier alpha value is -3.86. The monoisotopic (exact) mass is 353 g/mol. The summed E-state index contributed by atoms with van der Waals surface area (Å²) in [4.78, 5) is 23.0. The molecule has 2 aromatic carbocycles. The van der Waals surface area contributed by atoms with Gasteiger partial charge in [-0.05, 0) is 24.3 Å². The first kappa shape index (κ1) is 18.5. The number of hydrogen-bond acceptors (Lipinski definition) is 6. The molecule has 2 rings (SSSR count). The molecule has 8 nitrogen and oxygen atoms in total. The van der Waals surface area contributed by atoms with Crippen LogP contribution in [0.4, 0.5) is 11.4 Å². The summed E-state index contributed by atoms with van der Waals surface area (Å²) in [6.45, 7) is 0. The lowest BCUT2D eigenvalue weighted by atomic mass is 10.1. The third kappa shape index (κ3) is 4.15. The van der Waals surface area contributed by atoms with Gasteiger partial charge in [0, 0.05) is 5.69 Å². The Bertz CT molecular complexity index is 901. The fraction of sp³-hybridized carbons (Fsp3) is 0.111. The van der Waals surface area contributed by atoms with Gasteiger partial charge in [-0.2, -0.15) is 5.26 Å². The zero-order valence-corrected chi connectivity index (χ0v) is 14.1. The third-order valence-electron chi connectivity index (χ3n) is 3.43. The second-order valence-corrected chi connectivity index (χ2v) is 5.01. The van der Waals surface area contributed by atoms with Crippen molar-refractivity contribution < 1.29 is 19.2 Å². The van der Waals surface area contributed by atoms with E-state index in [0.29, 0.717) is 5.69 Å². The first-order chi connectivity index (χ1) is 12.5. The first-order valence-electron chi connectivity index (χ1n) is 7.38. The van der Waals surface area contributed by atoms with Gasteiger partial charge in [0.15, 0.2) is 11.5 Å². The Kier molecular flexibility index (Phi) is 5.90. The summed E-state index contributed by atoms with van der Waals surface area (Å²) in [7, 11) is 2.73. The van der Waals surface area contributed by atoms with Crippen LogP contribution in [0.5, 0.6) is 11.5 Å². The number of anilines is 1. The van der Waals surface area contributed by atoms with Crippen molar-refractivity contribution in [2.24, 2.45) is 0 Å². The number of carbonyl (C=O) groups excluding carboxylic acids is 1. The molecule has 0 spiro atoms. The Morgan fingerprint density at radius 3 is 2.35 bits per heavy atom. The summed E-state index contributed by atoms with van der Waals surface area (Å²) in [6.07, 6.45) is 1.14. The van der Waals surface area contributed by atoms with Gasteiger partial charge in [-0.1, -0.05) is 18.2 Å². The van der Waals surface area contributed by atoms with Crippen LogP contribution in [-0.2, 0) is 4.79 Å². The highest BCUT2D eigenvalue weighted by molar-refractivity contribution is 6.10. The average molecular weight is 353 g/mol. The number of benzene rings is 2. The topological polar surface area (TPSA) is 114 Å². The van der Waals surface area contributed by atoms with Crippen molar-refractivity contribution in [3.05, 3.63) is 63.7 Å². The van der Waals surface area contributed by atoms with Gasteiger partial charge >= 0.3 is 0 Å². The van der Waals surface area contributed by atoms with E-state index in [9.17, 15) is 20.2 Å². The van der Waals surface area contributed by atoms with Gasteiger partial charge in [0.2, 0.25) is 0 Å². The number of hydrogen-bond donors (Lipinski definition) is 1. The summed E-state index contributed by atoms with van der Waals surface area (Å²) in [5.74, 6) is -0.267. The standard InChI is InChI=1S/C18H15N3O5/c1-25-16-9-12(15(21(23)24)10-17(16)26-2)8-13(11-19)18(22)20-14-6-4-3-5-7-14/h3-10H,1-2H3,(H,20,22)/b13-8-. The van der Waals surface area contributed by atoms with Crippen molar-refractivity contribution in [3.8, 4) is 17.6 Å². The molecule has 0 fully saturated rings. The number of ether oxygens (including phenoxy) is 2. The van der Waals surface area contributed by atoms with Crippen molar-refractivity contribution in [2.75, 3.05) is 19.5 Å². The van der Waals surface area contributed by atoms with E-state index >= 15 is 0 Å². The van der Waals surface area contributed by atoms with Crippen LogP contribution >= 0.6 is 0 Å². The molecule has 0 unspecified atom stereocenters. The number of methoxy groups -OCH3 is 2. The molecule has 26 heavy (non-hydrogen) atoms. The van der Waals surface area contributed by atoms with Crippen molar-refractivity contribution in [3.63, 3.8) is 0 Å². The number of nitrogens with one attached hydrogen (secondary N) is 1. The van der Waals surface area contributed by atoms with Crippen LogP contribution in [0.2, 0.25) is 0 Å². The lowest BCUT2D eigenvalue weighted by Crippen LogP contribution is -2.13. The zero-order valence-electron chi connectivity index (χ0n) is 14.1. The molecular formula is C18H15N3O5. The average Bonchev–Trinajstić information content (AvgIpc) is 2.65. The molecule has 1 amide bonds. The highest BCUT2D eigenvalue weighted by Crippen LogP contribution is 2.35. The van der Waals surface area contributed by atoms with Crippen molar-refractivity contribution >= 4 is 23.4 Å². The molecule has 0 saturated heterocycles. The Labute approximate surface area is 149 Å².